The van der Waals surface area contributed by atoms with Crippen molar-refractivity contribution in [2.75, 3.05) is 13.2 Å². The number of nitrogens with one attached hydrogen (secondary N) is 1. The molecule has 0 rings (SSSR count). The van der Waals surface area contributed by atoms with Gasteiger partial charge in [-0.05, 0) is 64.2 Å². The number of allylic oxidation sites excluding steroid dienone is 5. The molecule has 0 aromatic heterocycles. The van der Waals surface area contributed by atoms with Gasteiger partial charge in [-0.2, -0.15) is 0 Å². The average Bonchev–Trinajstić information content (AvgIpc) is 3.26. The molecule has 0 aliphatic heterocycles. The quantitative estimate of drug-likeness (QED) is 0.0322. The minimum absolute atomic E-state index is 0.00647. The van der Waals surface area contributed by atoms with Crippen molar-refractivity contribution in [2.24, 2.45) is 0 Å². The number of carbonyl (C=O) groups excluding carboxylic acids is 2. The highest BCUT2D eigenvalue weighted by atomic mass is 16.5. The Balaban J connectivity index is 3.45. The minimum Gasteiger partial charge on any atom is -0.466 e. The number of carbonyl (C=O) groups is 2. The lowest BCUT2D eigenvalue weighted by Crippen LogP contribution is -2.45. The molecular weight excluding hydrogens is 755 g/mol. The molecule has 2 unspecified atom stereocenters. The topological polar surface area (TPSA) is 95.9 Å². The van der Waals surface area contributed by atoms with Gasteiger partial charge in [-0.15, -0.1) is 0 Å². The van der Waals surface area contributed by atoms with E-state index >= 15 is 0 Å². The van der Waals surface area contributed by atoms with Crippen LogP contribution in [0.3, 0.4) is 0 Å². The van der Waals surface area contributed by atoms with Crippen LogP contribution in [0.1, 0.15) is 277 Å². The van der Waals surface area contributed by atoms with E-state index < -0.39 is 12.1 Å². The Hall–Kier alpha value is -1.92. The summed E-state index contributed by atoms with van der Waals surface area (Å²) in [5.41, 5.74) is 0. The molecule has 1 amide bonds. The number of rotatable bonds is 49. The van der Waals surface area contributed by atoms with Crippen LogP contribution in [-0.2, 0) is 14.3 Å². The smallest absolute Gasteiger partial charge is 0.305 e. The van der Waals surface area contributed by atoms with Crippen molar-refractivity contribution in [2.45, 2.75) is 289 Å². The first kappa shape index (κ1) is 59.1. The largest absolute Gasteiger partial charge is 0.466 e. The maximum Gasteiger partial charge on any atom is 0.305 e. The Labute approximate surface area is 379 Å². The summed E-state index contributed by atoms with van der Waals surface area (Å²) >= 11 is 0. The van der Waals surface area contributed by atoms with Gasteiger partial charge in [0.25, 0.3) is 0 Å². The van der Waals surface area contributed by atoms with Crippen LogP contribution in [0.15, 0.2) is 36.5 Å². The number of hydrogen-bond acceptors (Lipinski definition) is 5. The number of aliphatic hydroxyl groups excluding tert-OH is 2. The molecule has 0 aliphatic rings. The number of unbranched alkanes of at least 4 members (excludes halogenated alkanes) is 34. The molecular formula is C55H103NO5. The number of ether oxygens (including phenoxy) is 1. The molecule has 0 radical (unpaired) electrons. The van der Waals surface area contributed by atoms with Crippen LogP contribution >= 0.6 is 0 Å². The van der Waals surface area contributed by atoms with E-state index in [9.17, 15) is 19.8 Å². The van der Waals surface area contributed by atoms with Crippen molar-refractivity contribution in [1.29, 1.82) is 0 Å². The van der Waals surface area contributed by atoms with Crippen molar-refractivity contribution in [3.63, 3.8) is 0 Å². The van der Waals surface area contributed by atoms with Crippen LogP contribution in [0.2, 0.25) is 0 Å². The lowest BCUT2D eigenvalue weighted by atomic mass is 10.0. The third-order valence-corrected chi connectivity index (χ3v) is 12.2. The SMILES string of the molecule is CCCCCCCCC/C=C/C(O)C(CO)NC(=O)CCCCCCCCC/C=C\C/C=C\CCCCCCCCCCCOC(=O)CCCCCCCCCCCCCC. The highest BCUT2D eigenvalue weighted by Crippen LogP contribution is 2.15. The molecule has 0 aromatic rings. The van der Waals surface area contributed by atoms with Crippen molar-refractivity contribution in [3.05, 3.63) is 36.5 Å². The predicted octanol–water partition coefficient (Wildman–Crippen LogP) is 16.1. The molecule has 61 heavy (non-hydrogen) atoms. The van der Waals surface area contributed by atoms with Gasteiger partial charge in [0, 0.05) is 12.8 Å². The van der Waals surface area contributed by atoms with Gasteiger partial charge in [-0.1, -0.05) is 237 Å². The van der Waals surface area contributed by atoms with Crippen LogP contribution in [0, 0.1) is 0 Å². The monoisotopic (exact) mass is 858 g/mol. The third kappa shape index (κ3) is 47.4. The van der Waals surface area contributed by atoms with Gasteiger partial charge in [-0.3, -0.25) is 9.59 Å². The van der Waals surface area contributed by atoms with Crippen molar-refractivity contribution < 1.29 is 24.5 Å². The van der Waals surface area contributed by atoms with Gasteiger partial charge in [0.05, 0.1) is 25.4 Å². The number of amides is 1. The van der Waals surface area contributed by atoms with Crippen LogP contribution in [0.25, 0.3) is 0 Å². The fraction of sp³-hybridized carbons (Fsp3) is 0.855. The van der Waals surface area contributed by atoms with E-state index in [1.165, 1.54) is 193 Å². The van der Waals surface area contributed by atoms with Gasteiger partial charge in [0.1, 0.15) is 0 Å². The van der Waals surface area contributed by atoms with Crippen LogP contribution < -0.4 is 5.32 Å². The first-order valence-electron chi connectivity index (χ1n) is 26.8. The molecule has 0 saturated heterocycles. The van der Waals surface area contributed by atoms with Gasteiger partial charge < -0.3 is 20.3 Å². The average molecular weight is 858 g/mol. The van der Waals surface area contributed by atoms with Gasteiger partial charge in [0.15, 0.2) is 0 Å². The molecule has 0 fully saturated rings. The number of hydrogen-bond donors (Lipinski definition) is 3. The van der Waals surface area contributed by atoms with E-state index in [1.54, 1.807) is 6.08 Å². The fourth-order valence-electron chi connectivity index (χ4n) is 8.02. The standard InChI is InChI=1S/C55H103NO5/c1-3-5-7-9-11-13-14-29-33-37-41-45-49-55(60)61-50-46-42-38-34-30-27-25-23-21-19-17-15-16-18-20-22-24-26-28-32-36-40-44-48-54(59)56-52(51-57)53(58)47-43-39-35-31-12-10-8-6-4-2/h15,17-18,20,43,47,52-53,57-58H,3-14,16,19,21-42,44-46,48-51H2,1-2H3,(H,56,59)/b17-15-,20-18-,47-43+. The maximum atomic E-state index is 12.4. The summed E-state index contributed by atoms with van der Waals surface area (Å²) in [7, 11) is 0. The Morgan fingerprint density at radius 1 is 0.459 bits per heavy atom. The third-order valence-electron chi connectivity index (χ3n) is 12.2. The fourth-order valence-corrected chi connectivity index (χ4v) is 8.02. The molecule has 0 heterocycles. The summed E-state index contributed by atoms with van der Waals surface area (Å²) in [5.74, 6) is -0.0753. The molecule has 0 saturated carbocycles. The summed E-state index contributed by atoms with van der Waals surface area (Å²) < 4.78 is 5.46. The van der Waals surface area contributed by atoms with Gasteiger partial charge in [-0.25, -0.2) is 0 Å². The summed E-state index contributed by atoms with van der Waals surface area (Å²) in [5, 5.41) is 22.9. The van der Waals surface area contributed by atoms with Crippen LogP contribution in [0.4, 0.5) is 0 Å². The zero-order valence-electron chi connectivity index (χ0n) is 40.6. The van der Waals surface area contributed by atoms with Crippen LogP contribution in [-0.4, -0.2) is 47.4 Å². The Bertz CT molecular complexity index is 993. The molecule has 0 aromatic carbocycles. The van der Waals surface area contributed by atoms with E-state index in [4.69, 9.17) is 4.74 Å². The molecule has 6 nitrogen and oxygen atoms in total. The van der Waals surface area contributed by atoms with Crippen LogP contribution in [0.5, 0.6) is 0 Å². The highest BCUT2D eigenvalue weighted by Gasteiger charge is 2.18. The van der Waals surface area contributed by atoms with E-state index in [0.29, 0.717) is 19.4 Å². The molecule has 2 atom stereocenters. The molecule has 0 spiro atoms. The maximum absolute atomic E-state index is 12.4. The first-order chi connectivity index (χ1) is 30.0. The van der Waals surface area contributed by atoms with E-state index in [-0.39, 0.29) is 18.5 Å². The van der Waals surface area contributed by atoms with E-state index in [1.807, 2.05) is 6.08 Å². The van der Waals surface area contributed by atoms with E-state index in [0.717, 1.165) is 57.8 Å². The molecule has 0 aliphatic carbocycles. The Morgan fingerprint density at radius 2 is 0.820 bits per heavy atom. The van der Waals surface area contributed by atoms with Gasteiger partial charge >= 0.3 is 5.97 Å². The predicted molar refractivity (Wildman–Crippen MR) is 264 cm³/mol. The second-order valence-electron chi connectivity index (χ2n) is 18.2. The Kier molecular flexibility index (Phi) is 49.1. The molecule has 3 N–H and O–H groups in total. The lowest BCUT2D eigenvalue weighted by molar-refractivity contribution is -0.143. The molecule has 0 bridgehead atoms. The van der Waals surface area contributed by atoms with Crippen molar-refractivity contribution in [1.82, 2.24) is 5.32 Å². The molecule has 6 heteroatoms. The zero-order valence-corrected chi connectivity index (χ0v) is 40.6. The zero-order chi connectivity index (χ0) is 44.4. The normalized spacial score (nSPS) is 12.9. The Morgan fingerprint density at radius 3 is 1.25 bits per heavy atom. The highest BCUT2D eigenvalue weighted by molar-refractivity contribution is 5.76. The first-order valence-corrected chi connectivity index (χ1v) is 26.8. The second-order valence-corrected chi connectivity index (χ2v) is 18.2. The minimum atomic E-state index is -0.848. The number of aliphatic hydroxyl groups is 2. The summed E-state index contributed by atoms with van der Waals surface area (Å²) in [6.07, 6.45) is 61.6. The molecule has 358 valence electrons. The summed E-state index contributed by atoms with van der Waals surface area (Å²) in [4.78, 5) is 24.4. The second kappa shape index (κ2) is 50.7. The lowest BCUT2D eigenvalue weighted by Gasteiger charge is -2.20. The number of esters is 1. The van der Waals surface area contributed by atoms with Crippen molar-refractivity contribution >= 4 is 11.9 Å². The van der Waals surface area contributed by atoms with Gasteiger partial charge in [0.2, 0.25) is 5.91 Å². The van der Waals surface area contributed by atoms with E-state index in [2.05, 4.69) is 43.5 Å². The summed E-state index contributed by atoms with van der Waals surface area (Å²) in [6.45, 7) is 4.86. The summed E-state index contributed by atoms with van der Waals surface area (Å²) in [6, 6.07) is -0.633. The van der Waals surface area contributed by atoms with Crippen molar-refractivity contribution in [3.8, 4) is 0 Å².